The van der Waals surface area contributed by atoms with E-state index in [1.54, 1.807) is 0 Å². The Bertz CT molecular complexity index is 411. The summed E-state index contributed by atoms with van der Waals surface area (Å²) < 4.78 is 0. The Morgan fingerprint density at radius 2 is 1.94 bits per heavy atom. The second-order valence-corrected chi connectivity index (χ2v) is 4.75. The Hall–Kier alpha value is -1.38. The summed E-state index contributed by atoms with van der Waals surface area (Å²) >= 11 is 5.84. The molecule has 4 nitrogen and oxygen atoms in total. The summed E-state index contributed by atoms with van der Waals surface area (Å²) in [6.45, 7) is 0. The van der Waals surface area contributed by atoms with E-state index < -0.39 is 0 Å². The summed E-state index contributed by atoms with van der Waals surface area (Å²) in [7, 11) is 0. The van der Waals surface area contributed by atoms with Crippen molar-refractivity contribution in [2.75, 3.05) is 5.32 Å². The van der Waals surface area contributed by atoms with Crippen molar-refractivity contribution in [2.24, 2.45) is 5.11 Å². The molecular formula is C12H15ClN4. The summed E-state index contributed by atoms with van der Waals surface area (Å²) in [6, 6.07) is 7.91. The molecule has 0 aromatic heterocycles. The second-order valence-electron chi connectivity index (χ2n) is 4.31. The van der Waals surface area contributed by atoms with E-state index in [4.69, 9.17) is 17.1 Å². The molecule has 0 spiro atoms. The van der Waals surface area contributed by atoms with E-state index in [1.165, 1.54) is 6.42 Å². The van der Waals surface area contributed by atoms with Gasteiger partial charge in [0.15, 0.2) is 0 Å². The fraction of sp³-hybridized carbons (Fsp3) is 0.500. The van der Waals surface area contributed by atoms with Crippen LogP contribution in [0.15, 0.2) is 29.4 Å². The van der Waals surface area contributed by atoms with E-state index in [9.17, 15) is 0 Å². The van der Waals surface area contributed by atoms with Gasteiger partial charge in [-0.15, -0.1) is 0 Å². The molecule has 1 aromatic rings. The van der Waals surface area contributed by atoms with Gasteiger partial charge in [0.1, 0.15) is 0 Å². The average Bonchev–Trinajstić information content (AvgIpc) is 2.35. The standard InChI is InChI=1S/C12H15ClN4/c13-9-5-7-10(8-6-9)15-11-3-1-2-4-12(11)16-17-14/h5-8,11-12,15H,1-4H2/t11-,12-/m1/s1. The third kappa shape index (κ3) is 3.29. The topological polar surface area (TPSA) is 60.8 Å². The van der Waals surface area contributed by atoms with Crippen LogP contribution in [0, 0.1) is 0 Å². The highest BCUT2D eigenvalue weighted by atomic mass is 35.5. The van der Waals surface area contributed by atoms with Crippen LogP contribution in [0.5, 0.6) is 0 Å². The second kappa shape index (κ2) is 5.80. The fourth-order valence-electron chi connectivity index (χ4n) is 2.24. The number of halogens is 1. The first-order chi connectivity index (χ1) is 8.29. The maximum absolute atomic E-state index is 8.55. The van der Waals surface area contributed by atoms with Gasteiger partial charge in [0, 0.05) is 21.7 Å². The van der Waals surface area contributed by atoms with Gasteiger partial charge in [-0.25, -0.2) is 0 Å². The Balaban J connectivity index is 2.05. The van der Waals surface area contributed by atoms with E-state index >= 15 is 0 Å². The quantitative estimate of drug-likeness (QED) is 0.483. The number of anilines is 1. The predicted molar refractivity (Wildman–Crippen MR) is 70.3 cm³/mol. The summed E-state index contributed by atoms with van der Waals surface area (Å²) in [5.74, 6) is 0. The van der Waals surface area contributed by atoms with E-state index in [2.05, 4.69) is 15.3 Å². The number of hydrogen-bond donors (Lipinski definition) is 1. The first-order valence-corrected chi connectivity index (χ1v) is 6.24. The molecule has 1 fully saturated rings. The number of nitrogens with zero attached hydrogens (tertiary/aromatic N) is 3. The minimum atomic E-state index is 0.0597. The van der Waals surface area contributed by atoms with Crippen LogP contribution >= 0.6 is 11.6 Å². The molecule has 0 aliphatic heterocycles. The first-order valence-electron chi connectivity index (χ1n) is 5.86. The Morgan fingerprint density at radius 3 is 2.65 bits per heavy atom. The molecule has 1 N–H and O–H groups in total. The SMILES string of the molecule is [N-]=[N+]=N[C@@H]1CCCC[C@H]1Nc1ccc(Cl)cc1. The van der Waals surface area contributed by atoms with Crippen molar-refractivity contribution in [3.8, 4) is 0 Å². The molecule has 2 rings (SSSR count). The lowest BCUT2D eigenvalue weighted by Gasteiger charge is -2.29. The number of azide groups is 1. The van der Waals surface area contributed by atoms with E-state index in [0.29, 0.717) is 0 Å². The van der Waals surface area contributed by atoms with Crippen molar-refractivity contribution in [2.45, 2.75) is 37.8 Å². The molecule has 17 heavy (non-hydrogen) atoms. The normalized spacial score (nSPS) is 23.8. The number of nitrogens with one attached hydrogen (secondary N) is 1. The molecule has 0 heterocycles. The Kier molecular flexibility index (Phi) is 4.13. The van der Waals surface area contributed by atoms with Gasteiger partial charge in [-0.05, 0) is 42.6 Å². The Labute approximate surface area is 106 Å². The van der Waals surface area contributed by atoms with E-state index in [0.717, 1.165) is 30.0 Å². The van der Waals surface area contributed by atoms with Crippen molar-refractivity contribution in [3.63, 3.8) is 0 Å². The zero-order chi connectivity index (χ0) is 12.1. The van der Waals surface area contributed by atoms with Crippen LogP contribution in [0.2, 0.25) is 5.02 Å². The van der Waals surface area contributed by atoms with Crippen LogP contribution in [0.1, 0.15) is 25.7 Å². The molecule has 1 aliphatic carbocycles. The molecule has 1 aliphatic rings. The number of benzene rings is 1. The molecule has 1 aromatic carbocycles. The third-order valence-corrected chi connectivity index (χ3v) is 3.38. The van der Waals surface area contributed by atoms with Crippen molar-refractivity contribution in [1.82, 2.24) is 0 Å². The van der Waals surface area contributed by atoms with Gasteiger partial charge in [0.05, 0.1) is 6.04 Å². The average molecular weight is 251 g/mol. The molecule has 90 valence electrons. The van der Waals surface area contributed by atoms with Crippen LogP contribution in [0.4, 0.5) is 5.69 Å². The highest BCUT2D eigenvalue weighted by molar-refractivity contribution is 6.30. The zero-order valence-electron chi connectivity index (χ0n) is 9.51. The maximum Gasteiger partial charge on any atom is 0.0575 e. The molecule has 1 saturated carbocycles. The predicted octanol–water partition coefficient (Wildman–Crippen LogP) is 4.37. The smallest absolute Gasteiger partial charge is 0.0575 e. The molecule has 2 atom stereocenters. The van der Waals surface area contributed by atoms with Crippen LogP contribution in [-0.4, -0.2) is 12.1 Å². The van der Waals surface area contributed by atoms with Crippen LogP contribution in [0.3, 0.4) is 0 Å². The molecule has 0 amide bonds. The van der Waals surface area contributed by atoms with Gasteiger partial charge in [-0.1, -0.05) is 29.6 Å². The van der Waals surface area contributed by atoms with Crippen molar-refractivity contribution in [1.29, 1.82) is 0 Å². The van der Waals surface area contributed by atoms with Crippen LogP contribution < -0.4 is 5.32 Å². The van der Waals surface area contributed by atoms with Gasteiger partial charge in [-0.3, -0.25) is 0 Å². The monoisotopic (exact) mass is 250 g/mol. The Morgan fingerprint density at radius 1 is 1.24 bits per heavy atom. The van der Waals surface area contributed by atoms with Crippen molar-refractivity contribution < 1.29 is 0 Å². The summed E-state index contributed by atoms with van der Waals surface area (Å²) in [5.41, 5.74) is 9.58. The summed E-state index contributed by atoms with van der Waals surface area (Å²) in [4.78, 5) is 2.93. The van der Waals surface area contributed by atoms with Crippen molar-refractivity contribution >= 4 is 17.3 Å². The van der Waals surface area contributed by atoms with Gasteiger partial charge >= 0.3 is 0 Å². The summed E-state index contributed by atoms with van der Waals surface area (Å²) in [5, 5.41) is 8.02. The van der Waals surface area contributed by atoms with Gasteiger partial charge in [0.25, 0.3) is 0 Å². The van der Waals surface area contributed by atoms with Gasteiger partial charge in [0.2, 0.25) is 0 Å². The minimum Gasteiger partial charge on any atom is -0.382 e. The first kappa shape index (κ1) is 12.1. The highest BCUT2D eigenvalue weighted by Crippen LogP contribution is 2.25. The fourth-order valence-corrected chi connectivity index (χ4v) is 2.37. The van der Waals surface area contributed by atoms with Crippen molar-refractivity contribution in [3.05, 3.63) is 39.7 Å². The molecule has 5 heteroatoms. The van der Waals surface area contributed by atoms with Gasteiger partial charge < -0.3 is 5.32 Å². The molecule has 0 radical (unpaired) electrons. The lowest BCUT2D eigenvalue weighted by molar-refractivity contribution is 0.403. The maximum atomic E-state index is 8.55. The number of rotatable bonds is 3. The molecular weight excluding hydrogens is 236 g/mol. The minimum absolute atomic E-state index is 0.0597. The van der Waals surface area contributed by atoms with E-state index in [-0.39, 0.29) is 12.1 Å². The molecule has 0 saturated heterocycles. The summed E-state index contributed by atoms with van der Waals surface area (Å²) in [6.07, 6.45) is 4.34. The largest absolute Gasteiger partial charge is 0.382 e. The number of hydrogen-bond acceptors (Lipinski definition) is 2. The molecule has 0 unspecified atom stereocenters. The zero-order valence-corrected chi connectivity index (χ0v) is 10.3. The lowest BCUT2D eigenvalue weighted by Crippen LogP contribution is -2.34. The lowest BCUT2D eigenvalue weighted by atomic mass is 9.91. The van der Waals surface area contributed by atoms with E-state index in [1.807, 2.05) is 24.3 Å². The van der Waals surface area contributed by atoms with Crippen LogP contribution in [0.25, 0.3) is 10.4 Å². The molecule has 0 bridgehead atoms. The van der Waals surface area contributed by atoms with Gasteiger partial charge in [-0.2, -0.15) is 0 Å². The third-order valence-electron chi connectivity index (χ3n) is 3.13. The van der Waals surface area contributed by atoms with Crippen LogP contribution in [-0.2, 0) is 0 Å². The highest BCUT2D eigenvalue weighted by Gasteiger charge is 2.23.